The van der Waals surface area contributed by atoms with Crippen LogP contribution in [0.1, 0.15) is 76.7 Å². The Bertz CT molecular complexity index is 1150. The topological polar surface area (TPSA) is 81.9 Å². The molecule has 3 saturated heterocycles. The second-order valence-corrected chi connectivity index (χ2v) is 11.7. The van der Waals surface area contributed by atoms with Gasteiger partial charge >= 0.3 is 5.97 Å². The lowest BCUT2D eigenvalue weighted by atomic mass is 9.89. The van der Waals surface area contributed by atoms with E-state index in [0.717, 1.165) is 29.9 Å². The normalized spacial score (nSPS) is 28.3. The van der Waals surface area contributed by atoms with Gasteiger partial charge in [-0.25, -0.2) is 4.98 Å². The summed E-state index contributed by atoms with van der Waals surface area (Å²) in [6, 6.07) is 10.2. The van der Waals surface area contributed by atoms with E-state index in [9.17, 15) is 9.59 Å². The summed E-state index contributed by atoms with van der Waals surface area (Å²) in [4.78, 5) is 36.9. The minimum absolute atomic E-state index is 0.0224. The lowest BCUT2D eigenvalue weighted by molar-refractivity contribution is -0.138. The second-order valence-electron chi connectivity index (χ2n) is 11.7. The molecule has 1 N–H and O–H groups in total. The molecule has 1 unspecified atom stereocenters. The van der Waals surface area contributed by atoms with Gasteiger partial charge in [0.05, 0.1) is 17.6 Å². The van der Waals surface area contributed by atoms with Gasteiger partial charge in [0, 0.05) is 50.3 Å². The molecular weight excluding hydrogens is 466 g/mol. The number of aromatic nitrogens is 2. The highest BCUT2D eigenvalue weighted by Gasteiger charge is 2.44. The first-order valence-corrected chi connectivity index (χ1v) is 14.6. The number of aliphatic carboxylic acids is 1. The van der Waals surface area contributed by atoms with Crippen LogP contribution in [0.4, 0.5) is 5.82 Å². The van der Waals surface area contributed by atoms with Crippen molar-refractivity contribution >= 4 is 22.8 Å². The fourth-order valence-electron chi connectivity index (χ4n) is 7.74. The number of anilines is 1. The summed E-state index contributed by atoms with van der Waals surface area (Å²) < 4.78 is 2.09. The minimum atomic E-state index is -0.806. The van der Waals surface area contributed by atoms with Gasteiger partial charge < -0.3 is 14.6 Å². The molecule has 2 aromatic rings. The van der Waals surface area contributed by atoms with Crippen LogP contribution in [-0.4, -0.2) is 81.3 Å². The van der Waals surface area contributed by atoms with Crippen molar-refractivity contribution in [1.29, 1.82) is 0 Å². The third-order valence-electron chi connectivity index (χ3n) is 9.43. The van der Waals surface area contributed by atoms with E-state index in [2.05, 4.69) is 20.4 Å². The fraction of sp³-hybridized carbons (Fsp3) is 0.690. The highest BCUT2D eigenvalue weighted by Crippen LogP contribution is 2.44. The zero-order valence-electron chi connectivity index (χ0n) is 21.9. The molecule has 1 aromatic carbocycles. The first-order chi connectivity index (χ1) is 18.1. The predicted molar refractivity (Wildman–Crippen MR) is 145 cm³/mol. The lowest BCUT2D eigenvalue weighted by Gasteiger charge is -2.45. The molecule has 0 radical (unpaired) electrons. The number of piperazine rings is 1. The van der Waals surface area contributed by atoms with E-state index in [0.29, 0.717) is 44.1 Å². The van der Waals surface area contributed by atoms with Crippen LogP contribution in [0.25, 0.3) is 11.0 Å². The summed E-state index contributed by atoms with van der Waals surface area (Å²) in [6.07, 6.45) is 14.2. The van der Waals surface area contributed by atoms with Crippen molar-refractivity contribution in [3.8, 4) is 0 Å². The summed E-state index contributed by atoms with van der Waals surface area (Å²) in [5, 5.41) is 9.14. The number of benzene rings is 1. The van der Waals surface area contributed by atoms with Crippen LogP contribution in [0, 0.1) is 0 Å². The van der Waals surface area contributed by atoms with Crippen LogP contribution in [0.15, 0.2) is 29.1 Å². The Hall–Kier alpha value is -2.45. The molecule has 1 aliphatic carbocycles. The van der Waals surface area contributed by atoms with Crippen LogP contribution >= 0.6 is 0 Å². The molecule has 6 rings (SSSR count). The van der Waals surface area contributed by atoms with E-state index in [1.54, 1.807) is 0 Å². The van der Waals surface area contributed by atoms with Crippen LogP contribution in [0.2, 0.25) is 0 Å². The molecule has 0 spiro atoms. The maximum Gasteiger partial charge on any atom is 0.317 e. The quantitative estimate of drug-likeness (QED) is 0.658. The Morgan fingerprint density at radius 1 is 0.838 bits per heavy atom. The number of rotatable bonds is 5. The second kappa shape index (κ2) is 10.7. The fourth-order valence-corrected chi connectivity index (χ4v) is 7.74. The summed E-state index contributed by atoms with van der Waals surface area (Å²) in [5.41, 5.74) is 1.85. The van der Waals surface area contributed by atoms with Gasteiger partial charge in [-0.2, -0.15) is 0 Å². The summed E-state index contributed by atoms with van der Waals surface area (Å²) in [5.74, 6) is -0.275. The number of fused-ring (bicyclic) bond motifs is 3. The Morgan fingerprint density at radius 2 is 1.49 bits per heavy atom. The highest BCUT2D eigenvalue weighted by molar-refractivity contribution is 5.76. The van der Waals surface area contributed by atoms with E-state index in [1.807, 2.05) is 23.1 Å². The van der Waals surface area contributed by atoms with E-state index < -0.39 is 5.97 Å². The molecule has 8 nitrogen and oxygen atoms in total. The number of hydrogen-bond donors (Lipinski definition) is 1. The Labute approximate surface area is 219 Å². The van der Waals surface area contributed by atoms with Gasteiger partial charge in [0.1, 0.15) is 0 Å². The van der Waals surface area contributed by atoms with Crippen molar-refractivity contribution in [2.24, 2.45) is 0 Å². The van der Waals surface area contributed by atoms with Gasteiger partial charge in [-0.05, 0) is 50.7 Å². The number of carboxylic acids is 1. The number of piperidine rings is 1. The maximum absolute atomic E-state index is 14.1. The third kappa shape index (κ3) is 5.02. The Kier molecular flexibility index (Phi) is 7.21. The van der Waals surface area contributed by atoms with Crippen molar-refractivity contribution in [2.75, 3.05) is 37.6 Å². The monoisotopic (exact) mass is 507 g/mol. The summed E-state index contributed by atoms with van der Waals surface area (Å²) >= 11 is 0. The molecule has 4 heterocycles. The van der Waals surface area contributed by atoms with Crippen LogP contribution < -0.4 is 10.5 Å². The molecule has 1 saturated carbocycles. The summed E-state index contributed by atoms with van der Waals surface area (Å²) in [7, 11) is 0. The molecule has 1 aromatic heterocycles. The number of carbonyl (C=O) groups is 1. The first-order valence-electron chi connectivity index (χ1n) is 14.6. The number of para-hydroxylation sites is 2. The van der Waals surface area contributed by atoms with Crippen LogP contribution in [0.3, 0.4) is 0 Å². The molecule has 3 atom stereocenters. The van der Waals surface area contributed by atoms with Gasteiger partial charge in [-0.1, -0.05) is 44.2 Å². The minimum Gasteiger partial charge on any atom is -0.480 e. The maximum atomic E-state index is 14.1. The van der Waals surface area contributed by atoms with Gasteiger partial charge in [0.25, 0.3) is 5.56 Å². The smallest absolute Gasteiger partial charge is 0.317 e. The van der Waals surface area contributed by atoms with Gasteiger partial charge in [0.15, 0.2) is 5.82 Å². The highest BCUT2D eigenvalue weighted by atomic mass is 16.4. The van der Waals surface area contributed by atoms with E-state index in [1.165, 1.54) is 57.8 Å². The molecule has 37 heavy (non-hydrogen) atoms. The molecular formula is C29H41N5O3. The van der Waals surface area contributed by atoms with Crippen molar-refractivity contribution < 1.29 is 9.90 Å². The molecule has 2 bridgehead atoms. The zero-order valence-corrected chi connectivity index (χ0v) is 21.9. The number of nitrogens with zero attached hydrogens (tertiary/aromatic N) is 5. The molecule has 8 heteroatoms. The Balaban J connectivity index is 1.27. The predicted octanol–water partition coefficient (Wildman–Crippen LogP) is 3.88. The molecule has 200 valence electrons. The number of hydrogen-bond acceptors (Lipinski definition) is 6. The van der Waals surface area contributed by atoms with Crippen LogP contribution in [-0.2, 0) is 4.79 Å². The Morgan fingerprint density at radius 3 is 2.16 bits per heavy atom. The van der Waals surface area contributed by atoms with Gasteiger partial charge in [-0.15, -0.1) is 0 Å². The first kappa shape index (κ1) is 24.9. The lowest BCUT2D eigenvalue weighted by Crippen LogP contribution is -2.51. The van der Waals surface area contributed by atoms with Gasteiger partial charge in [0.2, 0.25) is 0 Å². The average Bonchev–Trinajstić information content (AvgIpc) is 3.12. The summed E-state index contributed by atoms with van der Waals surface area (Å²) in [6.45, 7) is 2.55. The SMILES string of the molecule is O=C(O)CN1CCN(c2nc3ccccc3n([C@H]3CC4CC[C@@H](C3)N4C3CCCCCCC3)c2=O)CC1. The molecule has 0 amide bonds. The van der Waals surface area contributed by atoms with E-state index >= 15 is 0 Å². The van der Waals surface area contributed by atoms with E-state index in [4.69, 9.17) is 10.1 Å². The van der Waals surface area contributed by atoms with Crippen molar-refractivity contribution in [2.45, 2.75) is 94.8 Å². The zero-order chi connectivity index (χ0) is 25.4. The largest absolute Gasteiger partial charge is 0.480 e. The van der Waals surface area contributed by atoms with E-state index in [-0.39, 0.29) is 18.1 Å². The number of carboxylic acid groups (broad SMARTS) is 1. The average molecular weight is 508 g/mol. The van der Waals surface area contributed by atoms with Gasteiger partial charge in [-0.3, -0.25) is 19.4 Å². The molecule has 4 aliphatic rings. The van der Waals surface area contributed by atoms with Crippen molar-refractivity contribution in [3.63, 3.8) is 0 Å². The van der Waals surface area contributed by atoms with Crippen molar-refractivity contribution in [1.82, 2.24) is 19.4 Å². The standard InChI is InChI=1S/C29H41N5O3/c35-27(36)20-31-14-16-32(17-15-31)28-29(37)34(26-11-7-6-10-25(26)30-28)24-18-22-12-13-23(19-24)33(22)21-8-4-2-1-3-5-9-21/h6-7,10-11,21-24H,1-5,8-9,12-20H2,(H,35,36)/t22-,23?,24+/m0/s1. The molecule has 4 fully saturated rings. The third-order valence-corrected chi connectivity index (χ3v) is 9.43. The van der Waals surface area contributed by atoms with Crippen molar-refractivity contribution in [3.05, 3.63) is 34.6 Å². The van der Waals surface area contributed by atoms with Crippen LogP contribution in [0.5, 0.6) is 0 Å². The molecule has 3 aliphatic heterocycles.